The molecule has 0 radical (unpaired) electrons. The summed E-state index contributed by atoms with van der Waals surface area (Å²) in [7, 11) is 0. The number of carbonyl (C=O) groups is 1. The molecule has 1 fully saturated rings. The number of hydrogen-bond donors (Lipinski definition) is 0. The third-order valence-electron chi connectivity index (χ3n) is 4.77. The zero-order valence-electron chi connectivity index (χ0n) is 11.6. The molecule has 1 aromatic carbocycles. The summed E-state index contributed by atoms with van der Waals surface area (Å²) in [4.78, 5) is 13.9. The molecule has 0 atom stereocenters. The highest BCUT2D eigenvalue weighted by atomic mass is 16.7. The quantitative estimate of drug-likeness (QED) is 0.787. The molecule has 2 aliphatic heterocycles. The molecule has 0 spiro atoms. The van der Waals surface area contributed by atoms with Gasteiger partial charge in [-0.1, -0.05) is 0 Å². The highest BCUT2D eigenvalue weighted by Crippen LogP contribution is 2.37. The van der Waals surface area contributed by atoms with E-state index in [2.05, 4.69) is 17.0 Å². The number of carbonyl (C=O) groups excluding carboxylic acids is 1. The molecular weight excluding hydrogens is 254 g/mol. The number of hydrogen-bond acceptors (Lipinski definition) is 4. The first kappa shape index (κ1) is 12.2. The van der Waals surface area contributed by atoms with Gasteiger partial charge in [0.05, 0.1) is 0 Å². The molecule has 1 aromatic rings. The first-order valence-electron chi connectivity index (χ1n) is 7.47. The largest absolute Gasteiger partial charge is 0.454 e. The van der Waals surface area contributed by atoms with Crippen molar-refractivity contribution in [3.63, 3.8) is 0 Å². The molecular formula is C16H19NO3. The highest BCUT2D eigenvalue weighted by Gasteiger charge is 2.28. The second kappa shape index (κ2) is 4.77. The van der Waals surface area contributed by atoms with Crippen molar-refractivity contribution >= 4 is 5.78 Å². The molecule has 0 bridgehead atoms. The lowest BCUT2D eigenvalue weighted by molar-refractivity contribution is -0.121. The van der Waals surface area contributed by atoms with Crippen LogP contribution in [0.4, 0.5) is 0 Å². The molecule has 3 aliphatic rings. The number of rotatable bonds is 1. The first-order chi connectivity index (χ1) is 9.79. The van der Waals surface area contributed by atoms with Crippen molar-refractivity contribution < 1.29 is 14.3 Å². The zero-order chi connectivity index (χ0) is 13.5. The van der Waals surface area contributed by atoms with Gasteiger partial charge in [0.15, 0.2) is 11.5 Å². The summed E-state index contributed by atoms with van der Waals surface area (Å²) in [5.41, 5.74) is 2.75. The topological polar surface area (TPSA) is 38.8 Å². The fourth-order valence-corrected chi connectivity index (χ4v) is 3.57. The number of benzene rings is 1. The van der Waals surface area contributed by atoms with Gasteiger partial charge in [0.1, 0.15) is 5.78 Å². The maximum absolute atomic E-state index is 11.4. The molecule has 0 aromatic heterocycles. The van der Waals surface area contributed by atoms with E-state index in [1.54, 1.807) is 0 Å². The molecule has 106 valence electrons. The lowest BCUT2D eigenvalue weighted by Crippen LogP contribution is -2.41. The molecule has 4 heteroatoms. The minimum atomic E-state index is 0.340. The van der Waals surface area contributed by atoms with Crippen molar-refractivity contribution in [2.75, 3.05) is 13.3 Å². The van der Waals surface area contributed by atoms with Crippen molar-refractivity contribution in [2.24, 2.45) is 0 Å². The Kier molecular flexibility index (Phi) is 2.91. The number of fused-ring (bicyclic) bond motifs is 2. The summed E-state index contributed by atoms with van der Waals surface area (Å²) in [5, 5.41) is 0. The molecule has 4 rings (SSSR count). The van der Waals surface area contributed by atoms with E-state index in [4.69, 9.17) is 9.47 Å². The van der Waals surface area contributed by atoms with E-state index in [0.29, 0.717) is 18.6 Å². The molecule has 4 nitrogen and oxygen atoms in total. The van der Waals surface area contributed by atoms with E-state index in [1.165, 1.54) is 11.1 Å². The van der Waals surface area contributed by atoms with Crippen LogP contribution in [0.5, 0.6) is 11.5 Å². The normalized spacial score (nSPS) is 22.9. The number of ether oxygens (including phenoxy) is 2. The van der Waals surface area contributed by atoms with E-state index in [9.17, 15) is 4.79 Å². The van der Waals surface area contributed by atoms with Crippen LogP contribution in [0.2, 0.25) is 0 Å². The predicted octanol–water partition coefficient (Wildman–Crippen LogP) is 2.29. The second-order valence-corrected chi connectivity index (χ2v) is 5.96. The van der Waals surface area contributed by atoms with Crippen LogP contribution in [0.3, 0.4) is 0 Å². The van der Waals surface area contributed by atoms with Crippen molar-refractivity contribution in [2.45, 2.75) is 44.7 Å². The SMILES string of the molecule is O=C1CCC(N2CCc3cc4c(cc3C2)OCO4)CC1. The van der Waals surface area contributed by atoms with Crippen LogP contribution >= 0.6 is 0 Å². The van der Waals surface area contributed by atoms with Gasteiger partial charge < -0.3 is 9.47 Å². The van der Waals surface area contributed by atoms with Gasteiger partial charge >= 0.3 is 0 Å². The van der Waals surface area contributed by atoms with E-state index in [0.717, 1.165) is 56.7 Å². The van der Waals surface area contributed by atoms with Crippen LogP contribution < -0.4 is 9.47 Å². The van der Waals surface area contributed by atoms with Crippen molar-refractivity contribution in [3.05, 3.63) is 23.3 Å². The molecule has 0 saturated heterocycles. The van der Waals surface area contributed by atoms with Gasteiger partial charge in [-0.15, -0.1) is 0 Å². The van der Waals surface area contributed by atoms with Gasteiger partial charge in [0, 0.05) is 32.0 Å². The maximum Gasteiger partial charge on any atom is 0.231 e. The molecule has 0 amide bonds. The Labute approximate surface area is 118 Å². The molecule has 0 unspecified atom stereocenters. The third-order valence-corrected chi connectivity index (χ3v) is 4.77. The van der Waals surface area contributed by atoms with E-state index >= 15 is 0 Å². The summed E-state index contributed by atoms with van der Waals surface area (Å²) in [6.45, 7) is 2.41. The van der Waals surface area contributed by atoms with Crippen molar-refractivity contribution in [1.29, 1.82) is 0 Å². The summed E-state index contributed by atoms with van der Waals surface area (Å²) in [5.74, 6) is 2.20. The van der Waals surface area contributed by atoms with Crippen LogP contribution in [0, 0.1) is 0 Å². The number of ketones is 1. The second-order valence-electron chi connectivity index (χ2n) is 5.96. The van der Waals surface area contributed by atoms with Crippen molar-refractivity contribution in [3.8, 4) is 11.5 Å². The Morgan fingerprint density at radius 1 is 1.00 bits per heavy atom. The summed E-state index contributed by atoms with van der Waals surface area (Å²) in [6, 6.07) is 4.85. The van der Waals surface area contributed by atoms with E-state index in [1.807, 2.05) is 0 Å². The lowest BCUT2D eigenvalue weighted by atomic mass is 9.90. The standard InChI is InChI=1S/C16H19NO3/c18-14-3-1-13(2-4-14)17-6-5-11-7-15-16(20-10-19-15)8-12(11)9-17/h7-8,13H,1-6,9-10H2. The minimum Gasteiger partial charge on any atom is -0.454 e. The molecule has 20 heavy (non-hydrogen) atoms. The maximum atomic E-state index is 11.4. The lowest BCUT2D eigenvalue weighted by Gasteiger charge is -2.37. The van der Waals surface area contributed by atoms with E-state index < -0.39 is 0 Å². The van der Waals surface area contributed by atoms with Crippen LogP contribution in [-0.2, 0) is 17.8 Å². The fourth-order valence-electron chi connectivity index (χ4n) is 3.57. The fraction of sp³-hybridized carbons (Fsp3) is 0.562. The molecule has 0 N–H and O–H groups in total. The van der Waals surface area contributed by atoms with Crippen molar-refractivity contribution in [1.82, 2.24) is 4.90 Å². The van der Waals surface area contributed by atoms with Gasteiger partial charge in [-0.25, -0.2) is 0 Å². The summed E-state index contributed by atoms with van der Waals surface area (Å²) in [6.07, 6.45) is 4.64. The first-order valence-corrected chi connectivity index (χ1v) is 7.47. The van der Waals surface area contributed by atoms with Crippen LogP contribution in [0.15, 0.2) is 12.1 Å². The Balaban J connectivity index is 1.53. The van der Waals surface area contributed by atoms with Gasteiger partial charge in [-0.2, -0.15) is 0 Å². The molecule has 2 heterocycles. The Hall–Kier alpha value is -1.55. The van der Waals surface area contributed by atoms with Gasteiger partial charge in [-0.05, 0) is 42.5 Å². The average molecular weight is 273 g/mol. The van der Waals surface area contributed by atoms with E-state index in [-0.39, 0.29) is 0 Å². The summed E-state index contributed by atoms with van der Waals surface area (Å²) < 4.78 is 10.9. The Bertz CT molecular complexity index is 545. The number of Topliss-reactive ketones (excluding diaryl/α,β-unsaturated/α-hetero) is 1. The minimum absolute atomic E-state index is 0.340. The summed E-state index contributed by atoms with van der Waals surface area (Å²) >= 11 is 0. The molecule has 1 saturated carbocycles. The van der Waals surface area contributed by atoms with Gasteiger partial charge in [0.2, 0.25) is 6.79 Å². The van der Waals surface area contributed by atoms with Gasteiger partial charge in [-0.3, -0.25) is 9.69 Å². The zero-order valence-corrected chi connectivity index (χ0v) is 11.6. The Morgan fingerprint density at radius 3 is 2.45 bits per heavy atom. The van der Waals surface area contributed by atoms with Crippen LogP contribution in [-0.4, -0.2) is 30.1 Å². The van der Waals surface area contributed by atoms with Gasteiger partial charge in [0.25, 0.3) is 0 Å². The third kappa shape index (κ3) is 2.08. The highest BCUT2D eigenvalue weighted by molar-refractivity contribution is 5.79. The van der Waals surface area contributed by atoms with Crippen LogP contribution in [0.1, 0.15) is 36.8 Å². The van der Waals surface area contributed by atoms with Crippen LogP contribution in [0.25, 0.3) is 0 Å². The smallest absolute Gasteiger partial charge is 0.231 e. The molecule has 1 aliphatic carbocycles. The average Bonchev–Trinajstić information content (AvgIpc) is 2.92. The monoisotopic (exact) mass is 273 g/mol. The Morgan fingerprint density at radius 2 is 1.70 bits per heavy atom. The predicted molar refractivity (Wildman–Crippen MR) is 73.9 cm³/mol. The number of nitrogens with zero attached hydrogens (tertiary/aromatic N) is 1.